The summed E-state index contributed by atoms with van der Waals surface area (Å²) in [6.45, 7) is 3.56. The van der Waals surface area contributed by atoms with Gasteiger partial charge in [-0.2, -0.15) is 0 Å². The molecule has 0 fully saturated rings. The second-order valence-corrected chi connectivity index (χ2v) is 2.38. The van der Waals surface area contributed by atoms with Crippen LogP contribution < -0.4 is 0 Å². The lowest BCUT2D eigenvalue weighted by molar-refractivity contribution is 0.0325. The number of hydrogen-bond acceptors (Lipinski definition) is 3. The van der Waals surface area contributed by atoms with Crippen molar-refractivity contribution in [1.82, 2.24) is 4.90 Å². The van der Waals surface area contributed by atoms with E-state index in [1.54, 1.807) is 18.9 Å². The maximum atomic E-state index is 8.97. The highest BCUT2D eigenvalue weighted by Crippen LogP contribution is 1.98. The summed E-state index contributed by atoms with van der Waals surface area (Å²) in [5.41, 5.74) is 0. The van der Waals surface area contributed by atoms with Crippen molar-refractivity contribution in [2.75, 3.05) is 13.8 Å². The first-order valence-electron chi connectivity index (χ1n) is 3.08. The van der Waals surface area contributed by atoms with Gasteiger partial charge in [0.05, 0.1) is 12.8 Å². The molecule has 0 bridgehead atoms. The monoisotopic (exact) mass is 133 g/mol. The molecule has 0 rings (SSSR count). The number of likely N-dealkylation sites (N-methyl/N-ethyl adjacent to an activating group) is 1. The van der Waals surface area contributed by atoms with E-state index in [9.17, 15) is 0 Å². The van der Waals surface area contributed by atoms with Gasteiger partial charge in [0.15, 0.2) is 0 Å². The highest BCUT2D eigenvalue weighted by atomic mass is 16.3. The Bertz CT molecular complexity index is 75.5. The van der Waals surface area contributed by atoms with Crippen molar-refractivity contribution in [2.24, 2.45) is 0 Å². The van der Waals surface area contributed by atoms with Gasteiger partial charge in [-0.05, 0) is 20.9 Å². The maximum absolute atomic E-state index is 8.97. The van der Waals surface area contributed by atoms with Crippen molar-refractivity contribution in [1.29, 1.82) is 0 Å². The smallest absolute Gasteiger partial charge is 0.0957 e. The lowest BCUT2D eigenvalue weighted by Gasteiger charge is -2.24. The van der Waals surface area contributed by atoms with E-state index in [2.05, 4.69) is 0 Å². The highest BCUT2D eigenvalue weighted by molar-refractivity contribution is 4.65. The van der Waals surface area contributed by atoms with E-state index in [1.165, 1.54) is 0 Å². The summed E-state index contributed by atoms with van der Waals surface area (Å²) in [5, 5.41) is 17.5. The molecule has 0 aliphatic heterocycles. The van der Waals surface area contributed by atoms with Crippen LogP contribution >= 0.6 is 0 Å². The van der Waals surface area contributed by atoms with Crippen molar-refractivity contribution in [3.63, 3.8) is 0 Å². The fourth-order valence-electron chi connectivity index (χ4n) is 0.497. The van der Waals surface area contributed by atoms with E-state index in [-0.39, 0.29) is 18.9 Å². The zero-order valence-corrected chi connectivity index (χ0v) is 6.20. The lowest BCUT2D eigenvalue weighted by atomic mass is 10.2. The Labute approximate surface area is 55.9 Å². The van der Waals surface area contributed by atoms with Gasteiger partial charge < -0.3 is 10.2 Å². The first-order chi connectivity index (χ1) is 4.09. The molecule has 0 saturated carbocycles. The first-order valence-corrected chi connectivity index (χ1v) is 3.08. The van der Waals surface area contributed by atoms with Crippen LogP contribution in [0.5, 0.6) is 0 Å². The molecule has 56 valence electrons. The van der Waals surface area contributed by atoms with E-state index in [0.717, 1.165) is 0 Å². The molecule has 0 aromatic heterocycles. The van der Waals surface area contributed by atoms with Crippen molar-refractivity contribution >= 4 is 0 Å². The largest absolute Gasteiger partial charge is 0.392 e. The third-order valence-electron chi connectivity index (χ3n) is 1.62. The molecule has 1 unspecified atom stereocenters. The third-order valence-corrected chi connectivity index (χ3v) is 1.62. The molecule has 3 heteroatoms. The summed E-state index contributed by atoms with van der Waals surface area (Å²) in [5.74, 6) is 0. The molecule has 0 aliphatic carbocycles. The van der Waals surface area contributed by atoms with E-state index >= 15 is 0 Å². The number of nitrogens with zero attached hydrogens (tertiary/aromatic N) is 1. The van der Waals surface area contributed by atoms with Crippen LogP contribution in [0.3, 0.4) is 0 Å². The van der Waals surface area contributed by atoms with E-state index in [0.29, 0.717) is 0 Å². The first kappa shape index (κ1) is 8.88. The Hall–Kier alpha value is -0.120. The molecular formula is C6H15NO2. The van der Waals surface area contributed by atoms with Gasteiger partial charge >= 0.3 is 0 Å². The SMILES string of the molecule is CC([C@H](C)O)N(C)CO. The van der Waals surface area contributed by atoms with Crippen molar-refractivity contribution < 1.29 is 10.2 Å². The second kappa shape index (κ2) is 3.82. The predicted octanol–water partition coefficient (Wildman–Crippen LogP) is -0.363. The average molecular weight is 133 g/mol. The van der Waals surface area contributed by atoms with Gasteiger partial charge in [-0.15, -0.1) is 0 Å². The molecule has 0 aromatic rings. The third kappa shape index (κ3) is 2.79. The molecule has 0 heterocycles. The van der Waals surface area contributed by atoms with Gasteiger partial charge in [0.2, 0.25) is 0 Å². The topological polar surface area (TPSA) is 43.7 Å². The molecule has 0 saturated heterocycles. The summed E-state index contributed by atoms with van der Waals surface area (Å²) in [6, 6.07) is 0.0231. The summed E-state index contributed by atoms with van der Waals surface area (Å²) in [4.78, 5) is 1.67. The molecule has 9 heavy (non-hydrogen) atoms. The average Bonchev–Trinajstić information content (AvgIpc) is 1.84. The van der Waals surface area contributed by atoms with Crippen molar-refractivity contribution in [3.05, 3.63) is 0 Å². The molecule has 2 N–H and O–H groups in total. The van der Waals surface area contributed by atoms with Gasteiger partial charge in [-0.1, -0.05) is 0 Å². The Kier molecular flexibility index (Phi) is 3.77. The van der Waals surface area contributed by atoms with Gasteiger partial charge in [-0.25, -0.2) is 0 Å². The van der Waals surface area contributed by atoms with Crippen LogP contribution in [0, 0.1) is 0 Å². The van der Waals surface area contributed by atoms with Gasteiger partial charge in [0.25, 0.3) is 0 Å². The maximum Gasteiger partial charge on any atom is 0.0957 e. The molecule has 0 aliphatic rings. The molecule has 0 radical (unpaired) electrons. The number of aliphatic hydroxyl groups is 2. The molecule has 0 amide bonds. The summed E-state index contributed by atoms with van der Waals surface area (Å²) in [7, 11) is 1.76. The standard InChI is InChI=1S/C6H15NO2/c1-5(6(2)9)7(3)4-8/h5-6,8-9H,4H2,1-3H3/t5?,6-/m0/s1. The van der Waals surface area contributed by atoms with Crippen LogP contribution in [-0.4, -0.2) is 41.0 Å². The Morgan fingerprint density at radius 2 is 1.89 bits per heavy atom. The minimum Gasteiger partial charge on any atom is -0.392 e. The quantitative estimate of drug-likeness (QED) is 0.517. The fraction of sp³-hybridized carbons (Fsp3) is 1.00. The number of aliphatic hydroxyl groups excluding tert-OH is 2. The molecular weight excluding hydrogens is 118 g/mol. The zero-order valence-electron chi connectivity index (χ0n) is 6.20. The summed E-state index contributed by atoms with van der Waals surface area (Å²) in [6.07, 6.45) is -0.387. The van der Waals surface area contributed by atoms with Crippen LogP contribution in [0.4, 0.5) is 0 Å². The minimum atomic E-state index is -0.387. The van der Waals surface area contributed by atoms with Crippen molar-refractivity contribution in [2.45, 2.75) is 26.0 Å². The van der Waals surface area contributed by atoms with Gasteiger partial charge in [0.1, 0.15) is 0 Å². The van der Waals surface area contributed by atoms with Gasteiger partial charge in [0, 0.05) is 6.04 Å². The van der Waals surface area contributed by atoms with Crippen LogP contribution in [0.25, 0.3) is 0 Å². The van der Waals surface area contributed by atoms with E-state index in [1.807, 2.05) is 6.92 Å². The fourth-order valence-corrected chi connectivity index (χ4v) is 0.497. The van der Waals surface area contributed by atoms with Crippen molar-refractivity contribution in [3.8, 4) is 0 Å². The van der Waals surface area contributed by atoms with Gasteiger partial charge in [-0.3, -0.25) is 4.90 Å². The predicted molar refractivity (Wildman–Crippen MR) is 36.0 cm³/mol. The Morgan fingerprint density at radius 1 is 1.44 bits per heavy atom. The number of hydrogen-bond donors (Lipinski definition) is 2. The van der Waals surface area contributed by atoms with Crippen LogP contribution in [-0.2, 0) is 0 Å². The van der Waals surface area contributed by atoms with E-state index in [4.69, 9.17) is 10.2 Å². The highest BCUT2D eigenvalue weighted by Gasteiger charge is 2.12. The van der Waals surface area contributed by atoms with E-state index < -0.39 is 0 Å². The summed E-state index contributed by atoms with van der Waals surface area (Å²) >= 11 is 0. The minimum absolute atomic E-state index is 0.00787. The van der Waals surface area contributed by atoms with Crippen LogP contribution in [0.1, 0.15) is 13.8 Å². The normalized spacial score (nSPS) is 18.0. The summed E-state index contributed by atoms with van der Waals surface area (Å²) < 4.78 is 0. The Morgan fingerprint density at radius 3 is 2.00 bits per heavy atom. The van der Waals surface area contributed by atoms with Crippen LogP contribution in [0.2, 0.25) is 0 Å². The number of rotatable bonds is 3. The van der Waals surface area contributed by atoms with Crippen LogP contribution in [0.15, 0.2) is 0 Å². The molecule has 0 aromatic carbocycles. The zero-order chi connectivity index (χ0) is 7.44. The molecule has 0 spiro atoms. The second-order valence-electron chi connectivity index (χ2n) is 2.38. The Balaban J connectivity index is 3.58. The molecule has 2 atom stereocenters. The lowest BCUT2D eigenvalue weighted by Crippen LogP contribution is -2.37. The molecule has 3 nitrogen and oxygen atoms in total.